The fourth-order valence-electron chi connectivity index (χ4n) is 3.07. The number of hydrogen-bond donors (Lipinski definition) is 2. The molecule has 2 N–H and O–H groups in total. The highest BCUT2D eigenvalue weighted by Gasteiger charge is 2.39. The molecule has 1 amide bonds. The largest absolute Gasteiger partial charge is 0.497 e. The number of benzene rings is 1. The summed E-state index contributed by atoms with van der Waals surface area (Å²) in [6.45, 7) is 6.98. The second-order valence-electron chi connectivity index (χ2n) is 6.02. The summed E-state index contributed by atoms with van der Waals surface area (Å²) in [6, 6.07) is 7.98. The highest BCUT2D eigenvalue weighted by atomic mass is 32.1. The number of nitrogens with one attached hydrogen (secondary N) is 2. The third kappa shape index (κ3) is 4.38. The Morgan fingerprint density at radius 2 is 1.96 bits per heavy atom. The van der Waals surface area contributed by atoms with Crippen LogP contribution in [0.25, 0.3) is 0 Å². The van der Waals surface area contributed by atoms with E-state index in [1.807, 2.05) is 31.2 Å². The Labute approximate surface area is 149 Å². The van der Waals surface area contributed by atoms with Crippen molar-refractivity contribution in [1.29, 1.82) is 0 Å². The van der Waals surface area contributed by atoms with E-state index in [4.69, 9.17) is 17.0 Å². The van der Waals surface area contributed by atoms with Gasteiger partial charge in [-0.3, -0.25) is 4.79 Å². The molecule has 2 atom stereocenters. The van der Waals surface area contributed by atoms with Gasteiger partial charge in [-0.25, -0.2) is 0 Å². The average molecular weight is 350 g/mol. The van der Waals surface area contributed by atoms with Crippen molar-refractivity contribution >= 4 is 23.2 Å². The molecule has 132 valence electrons. The summed E-state index contributed by atoms with van der Waals surface area (Å²) in [4.78, 5) is 14.7. The second-order valence-corrected chi connectivity index (χ2v) is 6.40. The van der Waals surface area contributed by atoms with Gasteiger partial charge in [0.2, 0.25) is 5.91 Å². The molecule has 0 bridgehead atoms. The number of likely N-dealkylation sites (tertiary alicyclic amines) is 1. The highest BCUT2D eigenvalue weighted by molar-refractivity contribution is 7.80. The third-order valence-corrected chi connectivity index (χ3v) is 4.77. The van der Waals surface area contributed by atoms with E-state index in [-0.39, 0.29) is 17.7 Å². The number of nitrogens with zero attached hydrogens (tertiary/aromatic N) is 1. The molecule has 1 aliphatic rings. The lowest BCUT2D eigenvalue weighted by Crippen LogP contribution is -2.39. The van der Waals surface area contributed by atoms with Crippen molar-refractivity contribution in [1.82, 2.24) is 15.5 Å². The number of thiocarbonyl (C=S) groups is 1. The molecule has 0 radical (unpaired) electrons. The van der Waals surface area contributed by atoms with Crippen LogP contribution in [0.3, 0.4) is 0 Å². The Balaban J connectivity index is 2.18. The van der Waals surface area contributed by atoms with Crippen LogP contribution in [0.5, 0.6) is 5.75 Å². The Kier molecular flexibility index (Phi) is 6.85. The fraction of sp³-hybridized carbons (Fsp3) is 0.556. The first-order valence-corrected chi connectivity index (χ1v) is 8.95. The van der Waals surface area contributed by atoms with Crippen molar-refractivity contribution in [2.45, 2.75) is 26.2 Å². The van der Waals surface area contributed by atoms with E-state index in [2.05, 4.69) is 22.5 Å². The van der Waals surface area contributed by atoms with E-state index in [0.29, 0.717) is 13.1 Å². The van der Waals surface area contributed by atoms with Crippen molar-refractivity contribution in [2.75, 3.05) is 33.3 Å². The molecule has 0 unspecified atom stereocenters. The molecular formula is C18H27N3O2S. The Morgan fingerprint density at radius 1 is 1.25 bits per heavy atom. The van der Waals surface area contributed by atoms with Gasteiger partial charge in [-0.1, -0.05) is 19.1 Å². The zero-order valence-corrected chi connectivity index (χ0v) is 15.5. The van der Waals surface area contributed by atoms with Gasteiger partial charge in [0, 0.05) is 32.1 Å². The van der Waals surface area contributed by atoms with E-state index in [9.17, 15) is 4.79 Å². The number of carbonyl (C=O) groups excluding carboxylic acids is 1. The van der Waals surface area contributed by atoms with Crippen LogP contribution in [0.4, 0.5) is 0 Å². The van der Waals surface area contributed by atoms with Gasteiger partial charge >= 0.3 is 0 Å². The van der Waals surface area contributed by atoms with Gasteiger partial charge < -0.3 is 20.3 Å². The number of ether oxygens (including phenoxy) is 1. The Bertz CT molecular complexity index is 562. The lowest BCUT2D eigenvalue weighted by Gasteiger charge is -2.19. The lowest BCUT2D eigenvalue weighted by molar-refractivity contribution is -0.124. The highest BCUT2D eigenvalue weighted by Crippen LogP contribution is 2.33. The van der Waals surface area contributed by atoms with Crippen LogP contribution >= 0.6 is 12.2 Å². The molecule has 6 heteroatoms. The van der Waals surface area contributed by atoms with Crippen LogP contribution in [0.1, 0.15) is 31.7 Å². The minimum atomic E-state index is -0.0958. The molecule has 1 aromatic carbocycles. The van der Waals surface area contributed by atoms with Crippen molar-refractivity contribution in [3.8, 4) is 5.75 Å². The van der Waals surface area contributed by atoms with Gasteiger partial charge in [0.25, 0.3) is 0 Å². The summed E-state index contributed by atoms with van der Waals surface area (Å²) in [5.74, 6) is 0.967. The summed E-state index contributed by atoms with van der Waals surface area (Å²) < 4.78 is 5.23. The molecule has 2 rings (SSSR count). The molecule has 0 aliphatic carbocycles. The topological polar surface area (TPSA) is 53.6 Å². The van der Waals surface area contributed by atoms with Crippen LogP contribution in [-0.4, -0.2) is 49.2 Å². The van der Waals surface area contributed by atoms with Gasteiger partial charge in [0.05, 0.1) is 13.0 Å². The Hall–Kier alpha value is -1.82. The monoisotopic (exact) mass is 349 g/mol. The molecule has 24 heavy (non-hydrogen) atoms. The normalized spacial score (nSPS) is 19.9. The molecule has 1 fully saturated rings. The quantitative estimate of drug-likeness (QED) is 0.771. The predicted molar refractivity (Wildman–Crippen MR) is 100 cm³/mol. The number of rotatable bonds is 6. The molecule has 0 aromatic heterocycles. The summed E-state index contributed by atoms with van der Waals surface area (Å²) in [5.41, 5.74) is 1.15. The average Bonchev–Trinajstić information content (AvgIpc) is 3.05. The van der Waals surface area contributed by atoms with Crippen molar-refractivity contribution in [2.24, 2.45) is 5.92 Å². The predicted octanol–water partition coefficient (Wildman–Crippen LogP) is 2.13. The number of methoxy groups -OCH3 is 1. The molecule has 0 saturated carbocycles. The van der Waals surface area contributed by atoms with E-state index in [0.717, 1.165) is 35.9 Å². The van der Waals surface area contributed by atoms with Gasteiger partial charge in [0.15, 0.2) is 5.11 Å². The van der Waals surface area contributed by atoms with Crippen LogP contribution in [0.2, 0.25) is 0 Å². The van der Waals surface area contributed by atoms with Gasteiger partial charge in [0.1, 0.15) is 5.75 Å². The van der Waals surface area contributed by atoms with Crippen molar-refractivity contribution < 1.29 is 9.53 Å². The fourth-order valence-corrected chi connectivity index (χ4v) is 3.36. The summed E-state index contributed by atoms with van der Waals surface area (Å²) in [7, 11) is 1.65. The van der Waals surface area contributed by atoms with Crippen molar-refractivity contribution in [3.05, 3.63) is 29.8 Å². The summed E-state index contributed by atoms with van der Waals surface area (Å²) in [6.07, 6.45) is 0.936. The SMILES string of the molecule is CCCNC(=O)[C@H]1CN(C(=S)NCC)C[C@H]1c1ccc(OC)cc1. The smallest absolute Gasteiger partial charge is 0.225 e. The maximum atomic E-state index is 12.6. The molecule has 0 spiro atoms. The maximum absolute atomic E-state index is 12.6. The van der Waals surface area contributed by atoms with Crippen molar-refractivity contribution in [3.63, 3.8) is 0 Å². The van der Waals surface area contributed by atoms with Crippen LogP contribution in [0, 0.1) is 5.92 Å². The van der Waals surface area contributed by atoms with E-state index < -0.39 is 0 Å². The lowest BCUT2D eigenvalue weighted by atomic mass is 9.88. The molecule has 1 aromatic rings. The molecule has 1 aliphatic heterocycles. The van der Waals surface area contributed by atoms with E-state index >= 15 is 0 Å². The first kappa shape index (κ1) is 18.5. The first-order valence-electron chi connectivity index (χ1n) is 8.55. The maximum Gasteiger partial charge on any atom is 0.225 e. The summed E-state index contributed by atoms with van der Waals surface area (Å²) >= 11 is 5.45. The van der Waals surface area contributed by atoms with Gasteiger partial charge in [-0.15, -0.1) is 0 Å². The van der Waals surface area contributed by atoms with Crippen LogP contribution in [-0.2, 0) is 4.79 Å². The summed E-state index contributed by atoms with van der Waals surface area (Å²) in [5, 5.41) is 6.94. The zero-order chi connectivity index (χ0) is 17.5. The number of hydrogen-bond acceptors (Lipinski definition) is 3. The zero-order valence-electron chi connectivity index (χ0n) is 14.7. The second kappa shape index (κ2) is 8.87. The molecule has 1 heterocycles. The van der Waals surface area contributed by atoms with E-state index in [1.165, 1.54) is 0 Å². The first-order chi connectivity index (χ1) is 11.6. The Morgan fingerprint density at radius 3 is 2.54 bits per heavy atom. The van der Waals surface area contributed by atoms with Crippen LogP contribution < -0.4 is 15.4 Å². The minimum Gasteiger partial charge on any atom is -0.497 e. The molecule has 5 nitrogen and oxygen atoms in total. The molecule has 1 saturated heterocycles. The molecular weight excluding hydrogens is 322 g/mol. The third-order valence-electron chi connectivity index (χ3n) is 4.37. The number of amides is 1. The van der Waals surface area contributed by atoms with Gasteiger partial charge in [-0.05, 0) is 43.3 Å². The minimum absolute atomic E-state index is 0.0958. The standard InChI is InChI=1S/C18H27N3O2S/c1-4-10-20-17(22)16-12-21(18(24)19-5-2)11-15(16)13-6-8-14(23-3)9-7-13/h6-9,15-16H,4-5,10-12H2,1-3H3,(H,19,24)(H,20,22)/t15-,16-/m0/s1. The van der Waals surface area contributed by atoms with E-state index in [1.54, 1.807) is 7.11 Å². The number of carbonyl (C=O) groups is 1. The van der Waals surface area contributed by atoms with Crippen LogP contribution in [0.15, 0.2) is 24.3 Å². The van der Waals surface area contributed by atoms with Gasteiger partial charge in [-0.2, -0.15) is 0 Å².